The Kier molecular flexibility index (Phi) is 9.40. The van der Waals surface area contributed by atoms with E-state index >= 15 is 0 Å². The summed E-state index contributed by atoms with van der Waals surface area (Å²) in [5, 5.41) is 0. The summed E-state index contributed by atoms with van der Waals surface area (Å²) in [5.41, 5.74) is 0. The molecule has 0 saturated carbocycles. The Morgan fingerprint density at radius 3 is 2.65 bits per heavy atom. The van der Waals surface area contributed by atoms with Crippen molar-refractivity contribution < 1.29 is 9.53 Å². The van der Waals surface area contributed by atoms with Gasteiger partial charge in [0.15, 0.2) is 0 Å². The molecule has 0 fully saturated rings. The van der Waals surface area contributed by atoms with Gasteiger partial charge < -0.3 is 4.74 Å². The molecule has 0 aromatic carbocycles. The molecule has 0 aliphatic carbocycles. The van der Waals surface area contributed by atoms with Crippen molar-refractivity contribution >= 4 is 12.2 Å². The first-order chi connectivity index (χ1) is 8.06. The lowest BCUT2D eigenvalue weighted by Crippen LogP contribution is -2.05. The molecular weight excluding hydrogens is 214 g/mol. The van der Waals surface area contributed by atoms with Gasteiger partial charge in [-0.2, -0.15) is 0 Å². The number of carbonyl (C=O) groups excluding carboxylic acids is 1. The number of hydrogen-bond acceptors (Lipinski definition) is 3. The zero-order chi connectivity index (χ0) is 13.1. The number of aliphatic imine (C=N–C) groups is 1. The molecule has 1 unspecified atom stereocenters. The van der Waals surface area contributed by atoms with Crippen LogP contribution in [-0.2, 0) is 9.53 Å². The molecule has 0 spiro atoms. The van der Waals surface area contributed by atoms with Crippen molar-refractivity contribution in [2.24, 2.45) is 16.8 Å². The van der Waals surface area contributed by atoms with Crippen LogP contribution < -0.4 is 0 Å². The normalized spacial score (nSPS) is 12.9. The van der Waals surface area contributed by atoms with E-state index in [0.717, 1.165) is 12.0 Å². The number of rotatable bonds is 9. The van der Waals surface area contributed by atoms with Gasteiger partial charge in [-0.3, -0.25) is 4.99 Å². The molecule has 0 rings (SSSR count). The lowest BCUT2D eigenvalue weighted by atomic mass is 10.0. The number of esters is 1. The van der Waals surface area contributed by atoms with Crippen molar-refractivity contribution in [1.82, 2.24) is 0 Å². The van der Waals surface area contributed by atoms with Crippen molar-refractivity contribution in [2.75, 3.05) is 13.2 Å². The van der Waals surface area contributed by atoms with Crippen LogP contribution in [0.25, 0.3) is 0 Å². The van der Waals surface area contributed by atoms with Crippen LogP contribution in [0.3, 0.4) is 0 Å². The quantitative estimate of drug-likeness (QED) is 0.268. The summed E-state index contributed by atoms with van der Waals surface area (Å²) in [6, 6.07) is 0. The van der Waals surface area contributed by atoms with Gasteiger partial charge in [0.1, 0.15) is 6.61 Å². The van der Waals surface area contributed by atoms with Gasteiger partial charge in [-0.25, -0.2) is 4.79 Å². The average molecular weight is 239 g/mol. The van der Waals surface area contributed by atoms with Crippen molar-refractivity contribution in [3.8, 4) is 0 Å². The Morgan fingerprint density at radius 2 is 2.06 bits per heavy atom. The fraction of sp³-hybridized carbons (Fsp3) is 0.714. The molecule has 0 amide bonds. The fourth-order valence-electron chi connectivity index (χ4n) is 1.43. The summed E-state index contributed by atoms with van der Waals surface area (Å²) >= 11 is 0. The minimum absolute atomic E-state index is 0.333. The highest BCUT2D eigenvalue weighted by atomic mass is 16.5. The average Bonchev–Trinajstić information content (AvgIpc) is 2.27. The van der Waals surface area contributed by atoms with Crippen LogP contribution in [0.2, 0.25) is 0 Å². The smallest absolute Gasteiger partial charge is 0.330 e. The maximum atomic E-state index is 10.7. The monoisotopic (exact) mass is 239 g/mol. The van der Waals surface area contributed by atoms with E-state index in [-0.39, 0.29) is 5.97 Å². The maximum absolute atomic E-state index is 10.7. The third-order valence-electron chi connectivity index (χ3n) is 2.43. The van der Waals surface area contributed by atoms with Crippen molar-refractivity contribution in [3.63, 3.8) is 0 Å². The van der Waals surface area contributed by atoms with E-state index in [2.05, 4.69) is 32.3 Å². The van der Waals surface area contributed by atoms with E-state index < -0.39 is 0 Å². The van der Waals surface area contributed by atoms with E-state index in [0.29, 0.717) is 19.1 Å². The van der Waals surface area contributed by atoms with E-state index in [9.17, 15) is 4.79 Å². The molecule has 1 atom stereocenters. The lowest BCUT2D eigenvalue weighted by Gasteiger charge is -2.07. The standard InChI is InChI=1S/C14H25NO2/c1-5-14(16)17-10-9-15-11-13(4)8-6-7-12(2)3/h5,11-13H,1,6-10H2,2-4H3. The molecule has 0 heterocycles. The van der Waals surface area contributed by atoms with Gasteiger partial charge in [-0.05, 0) is 18.3 Å². The third-order valence-corrected chi connectivity index (χ3v) is 2.43. The number of hydrogen-bond donors (Lipinski definition) is 0. The fourth-order valence-corrected chi connectivity index (χ4v) is 1.43. The molecule has 98 valence electrons. The second-order valence-corrected chi connectivity index (χ2v) is 4.73. The second-order valence-electron chi connectivity index (χ2n) is 4.73. The van der Waals surface area contributed by atoms with Crippen LogP contribution >= 0.6 is 0 Å². The predicted octanol–water partition coefficient (Wildman–Crippen LogP) is 3.25. The number of ether oxygens (including phenoxy) is 1. The first kappa shape index (κ1) is 15.9. The zero-order valence-corrected chi connectivity index (χ0v) is 11.3. The van der Waals surface area contributed by atoms with Crippen LogP contribution in [0.1, 0.15) is 40.0 Å². The molecule has 0 aromatic heterocycles. The summed E-state index contributed by atoms with van der Waals surface area (Å²) in [6.45, 7) is 10.8. The van der Waals surface area contributed by atoms with E-state index in [1.165, 1.54) is 19.3 Å². The summed E-state index contributed by atoms with van der Waals surface area (Å²) < 4.78 is 4.81. The van der Waals surface area contributed by atoms with Crippen molar-refractivity contribution in [3.05, 3.63) is 12.7 Å². The first-order valence-electron chi connectivity index (χ1n) is 6.35. The van der Waals surface area contributed by atoms with Gasteiger partial charge in [0, 0.05) is 12.3 Å². The minimum atomic E-state index is -0.384. The number of nitrogens with zero attached hydrogens (tertiary/aromatic N) is 1. The SMILES string of the molecule is C=CC(=O)OCCN=CC(C)CCCC(C)C. The van der Waals surface area contributed by atoms with E-state index in [1.54, 1.807) is 0 Å². The maximum Gasteiger partial charge on any atom is 0.330 e. The van der Waals surface area contributed by atoms with Crippen molar-refractivity contribution in [1.29, 1.82) is 0 Å². The molecule has 0 N–H and O–H groups in total. The van der Waals surface area contributed by atoms with Crippen LogP contribution in [-0.4, -0.2) is 25.3 Å². The van der Waals surface area contributed by atoms with Crippen molar-refractivity contribution in [2.45, 2.75) is 40.0 Å². The first-order valence-corrected chi connectivity index (χ1v) is 6.35. The van der Waals surface area contributed by atoms with Gasteiger partial charge in [-0.15, -0.1) is 0 Å². The van der Waals surface area contributed by atoms with Gasteiger partial charge in [0.05, 0.1) is 6.54 Å². The van der Waals surface area contributed by atoms with E-state index in [4.69, 9.17) is 4.74 Å². The molecule has 0 aliphatic rings. The highest BCUT2D eigenvalue weighted by molar-refractivity contribution is 5.81. The Labute approximate surface area is 105 Å². The van der Waals surface area contributed by atoms with Crippen LogP contribution in [0, 0.1) is 11.8 Å². The Bertz CT molecular complexity index is 247. The lowest BCUT2D eigenvalue weighted by molar-refractivity contribution is -0.137. The number of carbonyl (C=O) groups is 1. The molecule has 0 aliphatic heterocycles. The van der Waals surface area contributed by atoms with Crippen LogP contribution in [0.4, 0.5) is 0 Å². The molecule has 0 radical (unpaired) electrons. The van der Waals surface area contributed by atoms with Crippen LogP contribution in [0.5, 0.6) is 0 Å². The van der Waals surface area contributed by atoms with Gasteiger partial charge in [0.25, 0.3) is 0 Å². The molecule has 0 saturated heterocycles. The topological polar surface area (TPSA) is 38.7 Å². The molecule has 3 heteroatoms. The summed E-state index contributed by atoms with van der Waals surface area (Å²) in [4.78, 5) is 15.0. The summed E-state index contributed by atoms with van der Waals surface area (Å²) in [7, 11) is 0. The Hall–Kier alpha value is -1.12. The van der Waals surface area contributed by atoms with Crippen LogP contribution in [0.15, 0.2) is 17.6 Å². The third kappa shape index (κ3) is 11.1. The molecule has 0 aromatic rings. The highest BCUT2D eigenvalue weighted by Gasteiger charge is 2.00. The summed E-state index contributed by atoms with van der Waals surface area (Å²) in [6.07, 6.45) is 6.82. The highest BCUT2D eigenvalue weighted by Crippen LogP contribution is 2.10. The van der Waals surface area contributed by atoms with Gasteiger partial charge >= 0.3 is 5.97 Å². The molecule has 3 nitrogen and oxygen atoms in total. The van der Waals surface area contributed by atoms with Gasteiger partial charge in [0.2, 0.25) is 0 Å². The molecule has 0 bridgehead atoms. The zero-order valence-electron chi connectivity index (χ0n) is 11.3. The van der Waals surface area contributed by atoms with E-state index in [1.807, 2.05) is 6.21 Å². The van der Waals surface area contributed by atoms with Gasteiger partial charge in [-0.1, -0.05) is 40.2 Å². The largest absolute Gasteiger partial charge is 0.461 e. The predicted molar refractivity (Wildman–Crippen MR) is 72.4 cm³/mol. The Balaban J connectivity index is 3.49. The Morgan fingerprint density at radius 1 is 1.35 bits per heavy atom. The second kappa shape index (κ2) is 10.1. The summed E-state index contributed by atoms with van der Waals surface area (Å²) in [5.74, 6) is 0.895. The molecule has 17 heavy (non-hydrogen) atoms. The minimum Gasteiger partial charge on any atom is -0.461 e. The molecular formula is C14H25NO2.